The molecule has 0 saturated heterocycles. The summed E-state index contributed by atoms with van der Waals surface area (Å²) in [6.45, 7) is -0.498. The van der Waals surface area contributed by atoms with E-state index in [9.17, 15) is 36.2 Å². The minimum atomic E-state index is -5.96. The van der Waals surface area contributed by atoms with Crippen molar-refractivity contribution in [1.82, 2.24) is 0 Å². The fraction of sp³-hybridized carbons (Fsp3) is 0.417. The lowest BCUT2D eigenvalue weighted by Crippen LogP contribution is -2.53. The zero-order valence-corrected chi connectivity index (χ0v) is 11.0. The van der Waals surface area contributed by atoms with Gasteiger partial charge in [-0.15, -0.1) is 0 Å². The molecule has 0 radical (unpaired) electrons. The summed E-state index contributed by atoms with van der Waals surface area (Å²) in [6, 6.07) is 2.63. The smallest absolute Gasteiger partial charge is 0.430 e. The predicted octanol–water partition coefficient (Wildman–Crippen LogP) is 2.52. The summed E-state index contributed by atoms with van der Waals surface area (Å²) in [7, 11) is 1.29. The lowest BCUT2D eigenvalue weighted by Gasteiger charge is -2.32. The van der Waals surface area contributed by atoms with E-state index in [0.29, 0.717) is 12.1 Å². The van der Waals surface area contributed by atoms with Crippen LogP contribution in [0, 0.1) is 0 Å². The largest absolute Gasteiger partial charge is 0.480 e. The number of likely N-dealkylation sites (N-methyl/N-ethyl adjacent to an activating group) is 1. The average molecular weight is 331 g/mol. The number of rotatable bonds is 4. The van der Waals surface area contributed by atoms with Crippen LogP contribution in [0.3, 0.4) is 0 Å². The van der Waals surface area contributed by atoms with Gasteiger partial charge in [0.05, 0.1) is 0 Å². The van der Waals surface area contributed by atoms with Crippen molar-refractivity contribution in [3.8, 4) is 0 Å². The second-order valence-electron chi connectivity index (χ2n) is 4.50. The highest BCUT2D eigenvalue weighted by Gasteiger charge is 2.71. The van der Waals surface area contributed by atoms with E-state index in [2.05, 4.69) is 0 Å². The summed E-state index contributed by atoms with van der Waals surface area (Å²) >= 11 is 0. The molecule has 1 rings (SSSR count). The third-order valence-electron chi connectivity index (χ3n) is 2.92. The second kappa shape index (κ2) is 5.67. The molecule has 4 nitrogen and oxygen atoms in total. The zero-order chi connectivity index (χ0) is 17.3. The van der Waals surface area contributed by atoms with Crippen LogP contribution in [0.1, 0.15) is 5.56 Å². The van der Waals surface area contributed by atoms with Crippen LogP contribution in [0.4, 0.5) is 32.0 Å². The Morgan fingerprint density at radius 3 is 1.77 bits per heavy atom. The van der Waals surface area contributed by atoms with Gasteiger partial charge in [0.25, 0.3) is 5.60 Å². The molecule has 0 aliphatic heterocycles. The molecule has 0 aromatic heterocycles. The first-order chi connectivity index (χ1) is 9.80. The maximum atomic E-state index is 12.7. The molecule has 2 N–H and O–H groups in total. The van der Waals surface area contributed by atoms with E-state index in [-0.39, 0.29) is 5.69 Å². The van der Waals surface area contributed by atoms with Crippen molar-refractivity contribution in [3.05, 3.63) is 29.8 Å². The van der Waals surface area contributed by atoms with Crippen molar-refractivity contribution in [2.75, 3.05) is 18.5 Å². The Balaban J connectivity index is 3.23. The molecule has 0 aliphatic rings. The number of anilines is 1. The highest BCUT2D eigenvalue weighted by Crippen LogP contribution is 2.50. The number of aliphatic hydroxyl groups is 1. The topological polar surface area (TPSA) is 60.8 Å². The summed E-state index contributed by atoms with van der Waals surface area (Å²) in [6.07, 6.45) is -11.9. The molecule has 1 aromatic rings. The van der Waals surface area contributed by atoms with Crippen LogP contribution in [0.25, 0.3) is 0 Å². The summed E-state index contributed by atoms with van der Waals surface area (Å²) in [5.74, 6) is -1.23. The van der Waals surface area contributed by atoms with Gasteiger partial charge in [0.15, 0.2) is 0 Å². The summed E-state index contributed by atoms with van der Waals surface area (Å²) in [5, 5.41) is 17.7. The molecule has 0 fully saturated rings. The van der Waals surface area contributed by atoms with Gasteiger partial charge in [-0.1, -0.05) is 12.1 Å². The summed E-state index contributed by atoms with van der Waals surface area (Å²) in [5.41, 5.74) is -6.32. The lowest BCUT2D eigenvalue weighted by molar-refractivity contribution is -0.376. The number of hydrogen-bond donors (Lipinski definition) is 2. The van der Waals surface area contributed by atoms with Crippen molar-refractivity contribution in [3.63, 3.8) is 0 Å². The Morgan fingerprint density at radius 2 is 1.45 bits per heavy atom. The fourth-order valence-electron chi connectivity index (χ4n) is 1.74. The molecular weight excluding hydrogens is 320 g/mol. The van der Waals surface area contributed by atoms with Crippen molar-refractivity contribution in [1.29, 1.82) is 0 Å². The Hall–Kier alpha value is -1.97. The molecule has 0 unspecified atom stereocenters. The highest BCUT2D eigenvalue weighted by molar-refractivity contribution is 5.73. The summed E-state index contributed by atoms with van der Waals surface area (Å²) < 4.78 is 76.0. The highest BCUT2D eigenvalue weighted by atomic mass is 19.4. The van der Waals surface area contributed by atoms with Gasteiger partial charge >= 0.3 is 18.3 Å². The third-order valence-corrected chi connectivity index (χ3v) is 2.92. The molecule has 0 atom stereocenters. The molecule has 0 amide bonds. The lowest BCUT2D eigenvalue weighted by atomic mass is 9.92. The van der Waals surface area contributed by atoms with Gasteiger partial charge in [-0.25, -0.2) is 0 Å². The van der Waals surface area contributed by atoms with Crippen molar-refractivity contribution in [2.45, 2.75) is 18.0 Å². The third kappa shape index (κ3) is 3.26. The van der Waals surface area contributed by atoms with Gasteiger partial charge in [-0.05, 0) is 12.1 Å². The minimum Gasteiger partial charge on any atom is -0.480 e. The van der Waals surface area contributed by atoms with Crippen LogP contribution in [0.5, 0.6) is 0 Å². The van der Waals surface area contributed by atoms with Crippen LogP contribution in [-0.4, -0.2) is 42.1 Å². The molecule has 124 valence electrons. The van der Waals surface area contributed by atoms with E-state index in [4.69, 9.17) is 5.11 Å². The molecule has 0 bridgehead atoms. The Labute approximate surface area is 120 Å². The summed E-state index contributed by atoms with van der Waals surface area (Å²) in [4.78, 5) is 11.6. The first kappa shape index (κ1) is 18.1. The normalized spacial score (nSPS) is 13.1. The Kier molecular flexibility index (Phi) is 4.66. The number of aliphatic carboxylic acids is 1. The minimum absolute atomic E-state index is 0.0813. The van der Waals surface area contributed by atoms with E-state index in [1.165, 1.54) is 7.05 Å². The fourth-order valence-corrected chi connectivity index (χ4v) is 1.74. The number of carbonyl (C=O) groups is 1. The molecule has 22 heavy (non-hydrogen) atoms. The quantitative estimate of drug-likeness (QED) is 0.833. The molecule has 0 spiro atoms. The van der Waals surface area contributed by atoms with Crippen LogP contribution in [0.2, 0.25) is 0 Å². The maximum Gasteiger partial charge on any atom is 0.430 e. The van der Waals surface area contributed by atoms with E-state index in [0.717, 1.165) is 17.0 Å². The number of alkyl halides is 6. The second-order valence-corrected chi connectivity index (χ2v) is 4.50. The number of hydrogen-bond acceptors (Lipinski definition) is 3. The zero-order valence-electron chi connectivity index (χ0n) is 11.0. The maximum absolute atomic E-state index is 12.7. The molecule has 1 aromatic carbocycles. The average Bonchev–Trinajstić information content (AvgIpc) is 2.34. The molecule has 0 aliphatic carbocycles. The van der Waals surface area contributed by atoms with Crippen molar-refractivity contribution in [2.24, 2.45) is 0 Å². The number of carboxylic acids is 1. The predicted molar refractivity (Wildman–Crippen MR) is 63.4 cm³/mol. The van der Waals surface area contributed by atoms with Gasteiger partial charge in [0.1, 0.15) is 6.54 Å². The number of carboxylic acid groups (broad SMARTS) is 1. The Bertz CT molecular complexity index is 523. The number of benzene rings is 1. The van der Waals surface area contributed by atoms with Crippen LogP contribution < -0.4 is 4.90 Å². The van der Waals surface area contributed by atoms with Crippen molar-refractivity contribution >= 4 is 11.7 Å². The van der Waals surface area contributed by atoms with Crippen LogP contribution in [0.15, 0.2) is 24.3 Å². The number of nitrogens with zero attached hydrogens (tertiary/aromatic N) is 1. The van der Waals surface area contributed by atoms with E-state index in [1.807, 2.05) is 0 Å². The van der Waals surface area contributed by atoms with Gasteiger partial charge in [0.2, 0.25) is 0 Å². The van der Waals surface area contributed by atoms with Gasteiger partial charge in [-0.2, -0.15) is 26.3 Å². The first-order valence-corrected chi connectivity index (χ1v) is 5.70. The van der Waals surface area contributed by atoms with Crippen LogP contribution in [-0.2, 0) is 10.4 Å². The SMILES string of the molecule is CN(CC(=O)O)c1ccc(C(O)(C(F)(F)F)C(F)(F)F)cc1. The molecule has 0 heterocycles. The Morgan fingerprint density at radius 1 is 1.05 bits per heavy atom. The van der Waals surface area contributed by atoms with E-state index < -0.39 is 36.0 Å². The monoisotopic (exact) mass is 331 g/mol. The van der Waals surface area contributed by atoms with E-state index in [1.54, 1.807) is 0 Å². The first-order valence-electron chi connectivity index (χ1n) is 5.70. The van der Waals surface area contributed by atoms with Gasteiger partial charge in [0, 0.05) is 18.3 Å². The number of halogens is 6. The molecular formula is C12H11F6NO3. The molecule has 0 saturated carbocycles. The molecule has 10 heteroatoms. The van der Waals surface area contributed by atoms with E-state index >= 15 is 0 Å². The van der Waals surface area contributed by atoms with Crippen molar-refractivity contribution < 1.29 is 41.4 Å². The van der Waals surface area contributed by atoms with Crippen LogP contribution >= 0.6 is 0 Å². The standard InChI is InChI=1S/C12H11F6NO3/c1-19(6-9(20)21)8-4-2-7(3-5-8)10(22,11(13,14)15)12(16,17)18/h2-5,22H,6H2,1H3,(H,20,21). The van der Waals surface area contributed by atoms with Gasteiger partial charge < -0.3 is 15.1 Å². The van der Waals surface area contributed by atoms with Gasteiger partial charge in [-0.3, -0.25) is 4.79 Å².